The van der Waals surface area contributed by atoms with E-state index in [0.29, 0.717) is 24.7 Å². The maximum absolute atomic E-state index is 12.4. The van der Waals surface area contributed by atoms with E-state index in [1.54, 1.807) is 0 Å². The first-order chi connectivity index (χ1) is 11.8. The van der Waals surface area contributed by atoms with Crippen LogP contribution in [0.4, 0.5) is 0 Å². The van der Waals surface area contributed by atoms with Crippen molar-refractivity contribution in [1.29, 1.82) is 0 Å². The van der Waals surface area contributed by atoms with Gasteiger partial charge in [0.25, 0.3) is 5.91 Å². The SMILES string of the molecule is Cc1ccc(OCC(=O)NC2CCN(C(=O)C(C)(C)CCl)CC2)cc1. The quantitative estimate of drug-likeness (QED) is 0.787. The lowest BCUT2D eigenvalue weighted by Gasteiger charge is -2.36. The zero-order chi connectivity index (χ0) is 18.4. The molecule has 1 aromatic carbocycles. The number of aryl methyl sites for hydroxylation is 1. The van der Waals surface area contributed by atoms with Gasteiger partial charge in [0.05, 0.1) is 5.41 Å². The van der Waals surface area contributed by atoms with Crippen molar-refractivity contribution in [1.82, 2.24) is 10.2 Å². The molecule has 1 aliphatic heterocycles. The number of hydrogen-bond acceptors (Lipinski definition) is 3. The lowest BCUT2D eigenvalue weighted by atomic mass is 9.92. The molecular formula is C19H27ClN2O3. The van der Waals surface area contributed by atoms with Gasteiger partial charge in [-0.2, -0.15) is 0 Å². The highest BCUT2D eigenvalue weighted by Gasteiger charge is 2.33. The second-order valence-corrected chi connectivity index (χ2v) is 7.52. The number of halogens is 1. The third-order valence-corrected chi connectivity index (χ3v) is 5.12. The Kier molecular flexibility index (Phi) is 6.71. The van der Waals surface area contributed by atoms with Crippen LogP contribution < -0.4 is 10.1 Å². The molecule has 1 fully saturated rings. The number of carbonyl (C=O) groups is 2. The summed E-state index contributed by atoms with van der Waals surface area (Å²) in [5, 5.41) is 2.98. The number of alkyl halides is 1. The van der Waals surface area contributed by atoms with E-state index in [-0.39, 0.29) is 24.5 Å². The third-order valence-electron chi connectivity index (χ3n) is 4.45. The first-order valence-electron chi connectivity index (χ1n) is 8.66. The molecule has 0 atom stereocenters. The number of amides is 2. The van der Waals surface area contributed by atoms with E-state index in [1.165, 1.54) is 0 Å². The van der Waals surface area contributed by atoms with Crippen LogP contribution in [0.25, 0.3) is 0 Å². The molecule has 0 spiro atoms. The summed E-state index contributed by atoms with van der Waals surface area (Å²) < 4.78 is 5.49. The molecule has 2 rings (SSSR count). The first kappa shape index (κ1) is 19.6. The van der Waals surface area contributed by atoms with E-state index in [2.05, 4.69) is 5.32 Å². The van der Waals surface area contributed by atoms with E-state index in [0.717, 1.165) is 18.4 Å². The van der Waals surface area contributed by atoms with Gasteiger partial charge in [-0.25, -0.2) is 0 Å². The minimum Gasteiger partial charge on any atom is -0.484 e. The second-order valence-electron chi connectivity index (χ2n) is 7.25. The molecule has 1 N–H and O–H groups in total. The molecule has 1 aliphatic rings. The normalized spacial score (nSPS) is 15.8. The van der Waals surface area contributed by atoms with Crippen molar-refractivity contribution in [3.05, 3.63) is 29.8 Å². The molecule has 6 heteroatoms. The monoisotopic (exact) mass is 366 g/mol. The summed E-state index contributed by atoms with van der Waals surface area (Å²) in [4.78, 5) is 26.3. The summed E-state index contributed by atoms with van der Waals surface area (Å²) in [6, 6.07) is 7.68. The van der Waals surface area contributed by atoms with Crippen molar-refractivity contribution in [2.24, 2.45) is 5.41 Å². The van der Waals surface area contributed by atoms with Crippen molar-refractivity contribution < 1.29 is 14.3 Å². The fourth-order valence-electron chi connectivity index (χ4n) is 2.76. The number of hydrogen-bond donors (Lipinski definition) is 1. The predicted molar refractivity (Wildman–Crippen MR) is 98.9 cm³/mol. The molecule has 0 saturated carbocycles. The van der Waals surface area contributed by atoms with Crippen LogP contribution in [0.15, 0.2) is 24.3 Å². The van der Waals surface area contributed by atoms with Crippen LogP contribution in [0.3, 0.4) is 0 Å². The molecule has 1 heterocycles. The van der Waals surface area contributed by atoms with Gasteiger partial charge < -0.3 is 15.0 Å². The van der Waals surface area contributed by atoms with Gasteiger partial charge >= 0.3 is 0 Å². The lowest BCUT2D eigenvalue weighted by Crippen LogP contribution is -2.50. The smallest absolute Gasteiger partial charge is 0.258 e. The molecule has 5 nitrogen and oxygen atoms in total. The Morgan fingerprint density at radius 1 is 1.24 bits per heavy atom. The van der Waals surface area contributed by atoms with Gasteiger partial charge in [0.1, 0.15) is 5.75 Å². The van der Waals surface area contributed by atoms with Gasteiger partial charge in [-0.15, -0.1) is 11.6 Å². The summed E-state index contributed by atoms with van der Waals surface area (Å²) in [6.45, 7) is 7.01. The number of nitrogens with zero attached hydrogens (tertiary/aromatic N) is 1. The Hall–Kier alpha value is -1.75. The average Bonchev–Trinajstić information content (AvgIpc) is 2.61. The minimum atomic E-state index is -0.542. The fourth-order valence-corrected chi connectivity index (χ4v) is 2.88. The summed E-state index contributed by atoms with van der Waals surface area (Å²) in [7, 11) is 0. The van der Waals surface area contributed by atoms with Gasteiger partial charge in [0.15, 0.2) is 6.61 Å². The number of piperidine rings is 1. The van der Waals surface area contributed by atoms with Crippen LogP contribution in [-0.4, -0.2) is 48.3 Å². The molecule has 0 radical (unpaired) electrons. The topological polar surface area (TPSA) is 58.6 Å². The molecule has 2 amide bonds. The lowest BCUT2D eigenvalue weighted by molar-refractivity contribution is -0.140. The largest absolute Gasteiger partial charge is 0.484 e. The molecule has 0 bridgehead atoms. The number of rotatable bonds is 6. The van der Waals surface area contributed by atoms with E-state index in [4.69, 9.17) is 16.3 Å². The van der Waals surface area contributed by atoms with E-state index >= 15 is 0 Å². The zero-order valence-corrected chi connectivity index (χ0v) is 15.9. The Bertz CT molecular complexity index is 593. The minimum absolute atomic E-state index is 0.00147. The van der Waals surface area contributed by atoms with E-state index < -0.39 is 5.41 Å². The molecule has 0 aromatic heterocycles. The Morgan fingerprint density at radius 2 is 1.84 bits per heavy atom. The highest BCUT2D eigenvalue weighted by Crippen LogP contribution is 2.23. The Morgan fingerprint density at radius 3 is 2.40 bits per heavy atom. The van der Waals surface area contributed by atoms with Crippen LogP contribution >= 0.6 is 11.6 Å². The highest BCUT2D eigenvalue weighted by atomic mass is 35.5. The number of likely N-dealkylation sites (tertiary alicyclic amines) is 1. The molecule has 25 heavy (non-hydrogen) atoms. The van der Waals surface area contributed by atoms with Crippen LogP contribution in [0.1, 0.15) is 32.3 Å². The van der Waals surface area contributed by atoms with E-state index in [1.807, 2.05) is 49.9 Å². The Labute approximate surface area is 154 Å². The highest BCUT2D eigenvalue weighted by molar-refractivity contribution is 6.19. The molecule has 1 saturated heterocycles. The molecule has 0 unspecified atom stereocenters. The first-order valence-corrected chi connectivity index (χ1v) is 9.19. The van der Waals surface area contributed by atoms with Crippen molar-refractivity contribution in [3.63, 3.8) is 0 Å². The Balaban J connectivity index is 1.73. The van der Waals surface area contributed by atoms with Gasteiger partial charge in [-0.05, 0) is 45.7 Å². The predicted octanol–water partition coefficient (Wildman–Crippen LogP) is 2.75. The molecule has 138 valence electrons. The van der Waals surface area contributed by atoms with Crippen molar-refractivity contribution in [2.75, 3.05) is 25.6 Å². The number of benzene rings is 1. The van der Waals surface area contributed by atoms with Gasteiger partial charge in [-0.1, -0.05) is 17.7 Å². The van der Waals surface area contributed by atoms with Gasteiger partial charge in [-0.3, -0.25) is 9.59 Å². The van der Waals surface area contributed by atoms with Gasteiger partial charge in [0.2, 0.25) is 5.91 Å². The van der Waals surface area contributed by atoms with Crippen LogP contribution in [0.5, 0.6) is 5.75 Å². The molecule has 0 aliphatic carbocycles. The third kappa shape index (κ3) is 5.63. The average molecular weight is 367 g/mol. The van der Waals surface area contributed by atoms with Crippen LogP contribution in [0.2, 0.25) is 0 Å². The van der Waals surface area contributed by atoms with Crippen molar-refractivity contribution in [2.45, 2.75) is 39.7 Å². The number of nitrogens with one attached hydrogen (secondary N) is 1. The summed E-state index contributed by atoms with van der Waals surface area (Å²) in [6.07, 6.45) is 1.50. The standard InChI is InChI=1S/C19H27ClN2O3/c1-14-4-6-16(7-5-14)25-12-17(23)21-15-8-10-22(11-9-15)18(24)19(2,3)13-20/h4-7,15H,8-13H2,1-3H3,(H,21,23). The molecule has 1 aromatic rings. The summed E-state index contributed by atoms with van der Waals surface area (Å²) in [5.74, 6) is 0.935. The molecular weight excluding hydrogens is 340 g/mol. The van der Waals surface area contributed by atoms with E-state index in [9.17, 15) is 9.59 Å². The number of ether oxygens (including phenoxy) is 1. The zero-order valence-electron chi connectivity index (χ0n) is 15.2. The summed E-state index contributed by atoms with van der Waals surface area (Å²) >= 11 is 5.88. The van der Waals surface area contributed by atoms with Crippen LogP contribution in [-0.2, 0) is 9.59 Å². The second kappa shape index (κ2) is 8.56. The summed E-state index contributed by atoms with van der Waals surface area (Å²) in [5.41, 5.74) is 0.606. The van der Waals surface area contributed by atoms with Crippen LogP contribution in [0, 0.1) is 12.3 Å². The van der Waals surface area contributed by atoms with Gasteiger partial charge in [0, 0.05) is 25.0 Å². The maximum Gasteiger partial charge on any atom is 0.258 e. The van der Waals surface area contributed by atoms with Crippen molar-refractivity contribution >= 4 is 23.4 Å². The van der Waals surface area contributed by atoms with Crippen molar-refractivity contribution in [3.8, 4) is 5.75 Å². The fraction of sp³-hybridized carbons (Fsp3) is 0.579. The number of carbonyl (C=O) groups excluding carboxylic acids is 2. The maximum atomic E-state index is 12.4.